The first-order valence-corrected chi connectivity index (χ1v) is 13.5. The number of aliphatic hydroxyl groups is 2. The van der Waals surface area contributed by atoms with Crippen LogP contribution in [0.15, 0.2) is 60.7 Å². The van der Waals surface area contributed by atoms with Gasteiger partial charge in [-0.3, -0.25) is 0 Å². The Morgan fingerprint density at radius 3 is 1.23 bits per heavy atom. The molecule has 2 nitrogen and oxygen atoms in total. The fourth-order valence-corrected chi connectivity index (χ4v) is 6.79. The van der Waals surface area contributed by atoms with Crippen LogP contribution in [0.25, 0.3) is 32.0 Å². The molecule has 1 aliphatic rings. The van der Waals surface area contributed by atoms with Crippen molar-refractivity contribution in [2.24, 2.45) is 0 Å². The minimum atomic E-state index is -5.64. The van der Waals surface area contributed by atoms with Gasteiger partial charge in [0, 0.05) is 30.7 Å². The van der Waals surface area contributed by atoms with Gasteiger partial charge in [0.2, 0.25) is 0 Å². The summed E-state index contributed by atoms with van der Waals surface area (Å²) in [6, 6.07) is 15.6. The van der Waals surface area contributed by atoms with E-state index in [1.165, 1.54) is 26.0 Å². The summed E-state index contributed by atoms with van der Waals surface area (Å²) in [7, 11) is 0. The first kappa shape index (κ1) is 27.6. The third kappa shape index (κ3) is 4.25. The van der Waals surface area contributed by atoms with E-state index in [0.717, 1.165) is 22.7 Å². The van der Waals surface area contributed by atoms with Crippen LogP contribution >= 0.6 is 22.7 Å². The summed E-state index contributed by atoms with van der Waals surface area (Å²) in [6.45, 7) is 2.48. The molecule has 39 heavy (non-hydrogen) atoms. The molecule has 10 heteroatoms. The fraction of sp³-hybridized carbons (Fsp3) is 0.241. The molecule has 0 bridgehead atoms. The van der Waals surface area contributed by atoms with Gasteiger partial charge in [-0.15, -0.1) is 22.7 Å². The Hall–Kier alpha value is -2.92. The number of benzene rings is 2. The van der Waals surface area contributed by atoms with Crippen LogP contribution in [0.4, 0.5) is 26.3 Å². The minimum absolute atomic E-state index is 0.199. The maximum atomic E-state index is 15.4. The highest BCUT2D eigenvalue weighted by Crippen LogP contribution is 2.66. The van der Waals surface area contributed by atoms with Crippen molar-refractivity contribution in [2.45, 2.75) is 44.8 Å². The van der Waals surface area contributed by atoms with Crippen molar-refractivity contribution in [3.8, 4) is 20.9 Å². The maximum Gasteiger partial charge on any atom is 0.380 e. The lowest BCUT2D eigenvalue weighted by Gasteiger charge is -2.25. The molecular weight excluding hydrogens is 558 g/mol. The molecule has 2 N–H and O–H groups in total. The quantitative estimate of drug-likeness (QED) is 0.224. The Labute approximate surface area is 228 Å². The summed E-state index contributed by atoms with van der Waals surface area (Å²) in [6.07, 6.45) is 0. The number of thiophene rings is 2. The zero-order chi connectivity index (χ0) is 28.3. The van der Waals surface area contributed by atoms with Crippen LogP contribution in [0.5, 0.6) is 0 Å². The number of alkyl halides is 6. The largest absolute Gasteiger partial charge is 0.392 e. The van der Waals surface area contributed by atoms with Crippen LogP contribution in [-0.4, -0.2) is 28.0 Å². The number of halogens is 6. The van der Waals surface area contributed by atoms with Crippen LogP contribution in [0, 0.1) is 13.8 Å². The van der Waals surface area contributed by atoms with E-state index in [0.29, 0.717) is 32.0 Å². The van der Waals surface area contributed by atoms with E-state index in [4.69, 9.17) is 0 Å². The van der Waals surface area contributed by atoms with Crippen molar-refractivity contribution in [1.82, 2.24) is 0 Å². The molecule has 0 aliphatic heterocycles. The van der Waals surface area contributed by atoms with Crippen molar-refractivity contribution in [1.29, 1.82) is 0 Å². The first-order chi connectivity index (χ1) is 18.3. The van der Waals surface area contributed by atoms with Gasteiger partial charge in [-0.25, -0.2) is 0 Å². The van der Waals surface area contributed by atoms with E-state index in [1.807, 2.05) is 0 Å². The summed E-state index contributed by atoms with van der Waals surface area (Å²) >= 11 is 2.08. The summed E-state index contributed by atoms with van der Waals surface area (Å²) in [5.74, 6) is -15.9. The van der Waals surface area contributed by atoms with Gasteiger partial charge in [0.1, 0.15) is 0 Å². The molecular formula is C29H22F6O2S2. The van der Waals surface area contributed by atoms with Crippen molar-refractivity contribution < 1.29 is 36.6 Å². The third-order valence-corrected chi connectivity index (χ3v) is 9.08. The molecule has 0 saturated heterocycles. The van der Waals surface area contributed by atoms with Gasteiger partial charge < -0.3 is 10.2 Å². The molecule has 2 heterocycles. The standard InChI is InChI=1S/C29H22F6O2S2/c1-15-21(11-23(38-15)19-7-3-17(13-36)4-8-19)25-26(28(32,33)29(34,35)27(25,30)31)22-12-24(39-16(22)2)20-9-5-18(14-37)6-10-20/h3-12,36-37H,13-14H2,1-2H3. The van der Waals surface area contributed by atoms with E-state index < -0.39 is 28.9 Å². The second kappa shape index (κ2) is 9.62. The molecule has 0 radical (unpaired) electrons. The number of aliphatic hydroxyl groups excluding tert-OH is 2. The molecule has 5 rings (SSSR count). The molecule has 0 amide bonds. The minimum Gasteiger partial charge on any atom is -0.392 e. The van der Waals surface area contributed by atoms with Crippen LogP contribution in [-0.2, 0) is 13.2 Å². The Morgan fingerprint density at radius 1 is 0.590 bits per heavy atom. The summed E-state index contributed by atoms with van der Waals surface area (Å²) < 4.78 is 91.4. The monoisotopic (exact) mass is 580 g/mol. The van der Waals surface area contributed by atoms with E-state index in [9.17, 15) is 19.0 Å². The van der Waals surface area contributed by atoms with E-state index in [2.05, 4.69) is 0 Å². The van der Waals surface area contributed by atoms with Gasteiger partial charge >= 0.3 is 17.8 Å². The van der Waals surface area contributed by atoms with Gasteiger partial charge in [0.15, 0.2) is 0 Å². The number of hydrogen-bond acceptors (Lipinski definition) is 4. The zero-order valence-corrected chi connectivity index (χ0v) is 22.3. The van der Waals surface area contributed by atoms with Crippen molar-refractivity contribution in [3.63, 3.8) is 0 Å². The van der Waals surface area contributed by atoms with Crippen LogP contribution in [0.3, 0.4) is 0 Å². The molecule has 2 aromatic heterocycles. The van der Waals surface area contributed by atoms with Crippen molar-refractivity contribution in [3.05, 3.63) is 92.7 Å². The van der Waals surface area contributed by atoms with Gasteiger partial charge in [0.05, 0.1) is 13.2 Å². The van der Waals surface area contributed by atoms with Gasteiger partial charge in [0.25, 0.3) is 0 Å². The van der Waals surface area contributed by atoms with E-state index in [-0.39, 0.29) is 34.1 Å². The highest BCUT2D eigenvalue weighted by atomic mass is 32.1. The lowest BCUT2D eigenvalue weighted by atomic mass is 9.94. The molecule has 0 fully saturated rings. The number of allylic oxidation sites excluding steroid dienone is 2. The fourth-order valence-electron chi connectivity index (χ4n) is 4.73. The lowest BCUT2D eigenvalue weighted by Crippen LogP contribution is -2.48. The number of rotatable bonds is 6. The Morgan fingerprint density at radius 2 is 0.923 bits per heavy atom. The van der Waals surface area contributed by atoms with E-state index >= 15 is 17.6 Å². The smallest absolute Gasteiger partial charge is 0.380 e. The Balaban J connectivity index is 1.72. The number of hydrogen-bond donors (Lipinski definition) is 2. The van der Waals surface area contributed by atoms with E-state index in [1.54, 1.807) is 48.5 Å². The molecule has 4 aromatic rings. The first-order valence-electron chi connectivity index (χ1n) is 11.8. The molecule has 2 aromatic carbocycles. The van der Waals surface area contributed by atoms with Crippen LogP contribution in [0.2, 0.25) is 0 Å². The van der Waals surface area contributed by atoms with Crippen molar-refractivity contribution >= 4 is 33.8 Å². The predicted octanol–water partition coefficient (Wildman–Crippen LogP) is 8.58. The summed E-state index contributed by atoms with van der Waals surface area (Å²) in [4.78, 5) is 1.29. The highest BCUT2D eigenvalue weighted by molar-refractivity contribution is 7.16. The molecule has 1 aliphatic carbocycles. The van der Waals surface area contributed by atoms with Crippen LogP contribution < -0.4 is 0 Å². The third-order valence-electron chi connectivity index (χ3n) is 6.88. The average molecular weight is 581 g/mol. The molecule has 0 atom stereocenters. The predicted molar refractivity (Wildman–Crippen MR) is 142 cm³/mol. The number of aryl methyl sites for hydroxylation is 2. The Kier molecular flexibility index (Phi) is 6.82. The normalized spacial score (nSPS) is 17.7. The maximum absolute atomic E-state index is 15.4. The Bertz CT molecular complexity index is 1450. The second-order valence-corrected chi connectivity index (χ2v) is 11.9. The molecule has 204 valence electrons. The lowest BCUT2D eigenvalue weighted by molar-refractivity contribution is -0.254. The summed E-state index contributed by atoms with van der Waals surface area (Å²) in [5, 5.41) is 18.5. The van der Waals surface area contributed by atoms with Gasteiger partial charge in [-0.1, -0.05) is 48.5 Å². The van der Waals surface area contributed by atoms with Gasteiger partial charge in [-0.2, -0.15) is 26.3 Å². The molecule has 0 spiro atoms. The zero-order valence-electron chi connectivity index (χ0n) is 20.7. The van der Waals surface area contributed by atoms with Crippen molar-refractivity contribution in [2.75, 3.05) is 0 Å². The molecule has 0 saturated carbocycles. The van der Waals surface area contributed by atoms with Crippen LogP contribution in [0.1, 0.15) is 32.0 Å². The SMILES string of the molecule is Cc1sc(-c2ccc(CO)cc2)cc1C1=C(c2cc(-c3ccc(CO)cc3)sc2C)C(F)(F)C(F)(F)C1(F)F. The summed E-state index contributed by atoms with van der Waals surface area (Å²) in [5.41, 5.74) is -1.04. The average Bonchev–Trinajstić information content (AvgIpc) is 3.51. The molecule has 0 unspecified atom stereocenters. The topological polar surface area (TPSA) is 40.5 Å². The second-order valence-electron chi connectivity index (χ2n) is 9.34. The highest BCUT2D eigenvalue weighted by Gasteiger charge is 2.80. The van der Waals surface area contributed by atoms with Gasteiger partial charge in [-0.05, 0) is 59.4 Å².